The van der Waals surface area contributed by atoms with Gasteiger partial charge in [-0.3, -0.25) is 0 Å². The molecule has 0 aliphatic heterocycles. The number of nitrogens with zero attached hydrogens (tertiary/aromatic N) is 2. The number of thiophene rings is 3. The molecule has 0 aromatic carbocycles. The second-order valence-corrected chi connectivity index (χ2v) is 8.18. The topological polar surface area (TPSA) is 25.8 Å². The Morgan fingerprint density at radius 3 is 2.56 bits per heavy atom. The molecule has 0 amide bonds. The van der Waals surface area contributed by atoms with Gasteiger partial charge < -0.3 is 0 Å². The van der Waals surface area contributed by atoms with Gasteiger partial charge in [-0.15, -0.1) is 22.7 Å². The fraction of sp³-hybridized carbons (Fsp3) is 0. The van der Waals surface area contributed by atoms with E-state index < -0.39 is 0 Å². The summed E-state index contributed by atoms with van der Waals surface area (Å²) in [6.07, 6.45) is 0. The summed E-state index contributed by atoms with van der Waals surface area (Å²) >= 11 is 5.23. The van der Waals surface area contributed by atoms with Gasteiger partial charge >= 0.3 is 0 Å². The van der Waals surface area contributed by atoms with Crippen LogP contribution in [-0.4, -0.2) is 8.75 Å². The Bertz CT molecular complexity index is 682. The van der Waals surface area contributed by atoms with Gasteiger partial charge in [-0.25, -0.2) is 0 Å². The van der Waals surface area contributed by atoms with E-state index in [4.69, 9.17) is 8.75 Å². The minimum atomic E-state index is -0.298. The highest BCUT2D eigenvalue weighted by atomic mass is 32.2. The average Bonchev–Trinajstić information content (AvgIpc) is 3.13. The van der Waals surface area contributed by atoms with E-state index in [-0.39, 0.29) is 10.9 Å². The molecule has 4 aromatic rings. The first-order valence-electron chi connectivity index (χ1n) is 5.29. The van der Waals surface area contributed by atoms with Crippen LogP contribution in [0.4, 0.5) is 0 Å². The van der Waals surface area contributed by atoms with Gasteiger partial charge in [0.25, 0.3) is 15.1 Å². The van der Waals surface area contributed by atoms with E-state index in [1.165, 1.54) is 14.0 Å². The number of aromatic nitrogens is 2. The summed E-state index contributed by atoms with van der Waals surface area (Å²) in [5.74, 6) is 0. The van der Waals surface area contributed by atoms with Crippen LogP contribution in [0.2, 0.25) is 0 Å². The van der Waals surface area contributed by atoms with Crippen LogP contribution in [0.5, 0.6) is 0 Å². The number of rotatable bonds is 2. The Morgan fingerprint density at radius 2 is 1.83 bits per heavy atom. The van der Waals surface area contributed by atoms with Crippen molar-refractivity contribution in [2.45, 2.75) is 0 Å². The van der Waals surface area contributed by atoms with Crippen molar-refractivity contribution < 1.29 is 0 Å². The third-order valence-corrected chi connectivity index (χ3v) is 7.30. The summed E-state index contributed by atoms with van der Waals surface area (Å²) in [5, 5.41) is 4.18. The minimum Gasteiger partial charge on any atom is -0.143 e. The van der Waals surface area contributed by atoms with Crippen LogP contribution in [0, 0.1) is 0 Å². The molecule has 0 radical (unpaired) electrons. The van der Waals surface area contributed by atoms with Crippen LogP contribution >= 0.6 is 44.9 Å². The second-order valence-electron chi connectivity index (χ2n) is 3.66. The van der Waals surface area contributed by atoms with Crippen molar-refractivity contribution in [1.29, 1.82) is 0 Å². The molecule has 4 rings (SSSR count). The highest BCUT2D eigenvalue weighted by molar-refractivity contribution is 7.44. The zero-order valence-corrected chi connectivity index (χ0v) is 12.3. The monoisotopic (exact) mass is 307 g/mol. The molecule has 0 spiro atoms. The van der Waals surface area contributed by atoms with Gasteiger partial charge in [0.05, 0.1) is 0 Å². The van der Waals surface area contributed by atoms with Gasteiger partial charge in [0.2, 0.25) is 4.83 Å². The lowest BCUT2D eigenvalue weighted by Gasteiger charge is -1.85. The van der Waals surface area contributed by atoms with Gasteiger partial charge in [0.15, 0.2) is 5.52 Å². The van der Waals surface area contributed by atoms with Crippen molar-refractivity contribution in [3.63, 3.8) is 0 Å². The third-order valence-electron chi connectivity index (χ3n) is 2.49. The van der Waals surface area contributed by atoms with Crippen molar-refractivity contribution >= 4 is 55.2 Å². The minimum absolute atomic E-state index is 0.298. The Labute approximate surface area is 118 Å². The molecule has 0 N–H and O–H groups in total. The molecule has 1 atom stereocenters. The molecule has 0 aliphatic carbocycles. The lowest BCUT2D eigenvalue weighted by Crippen LogP contribution is -1.64. The maximum Gasteiger partial charge on any atom is 0.283 e. The molecule has 0 aliphatic rings. The highest BCUT2D eigenvalue weighted by Crippen LogP contribution is 2.39. The van der Waals surface area contributed by atoms with Crippen LogP contribution in [0.25, 0.3) is 24.3 Å². The summed E-state index contributed by atoms with van der Waals surface area (Å²) < 4.78 is 10.7. The maximum atomic E-state index is 4.72. The fourth-order valence-electron chi connectivity index (χ4n) is 1.69. The molecule has 0 bridgehead atoms. The molecule has 0 saturated carbocycles. The lowest BCUT2D eigenvalue weighted by molar-refractivity contribution is 1.67. The Balaban J connectivity index is 1.82. The molecule has 18 heavy (non-hydrogen) atoms. The molecule has 4 heterocycles. The van der Waals surface area contributed by atoms with Crippen LogP contribution in [-0.2, 0) is 0 Å². The number of hydrogen-bond acceptors (Lipinski definition) is 5. The van der Waals surface area contributed by atoms with E-state index in [0.717, 1.165) is 10.3 Å². The van der Waals surface area contributed by atoms with E-state index in [1.54, 1.807) is 34.0 Å². The van der Waals surface area contributed by atoms with Crippen LogP contribution < -0.4 is 0 Å². The summed E-state index contributed by atoms with van der Waals surface area (Å²) in [5.41, 5.74) is 1.06. The molecule has 4 aromatic heterocycles. The van der Waals surface area contributed by atoms with Crippen molar-refractivity contribution in [2.24, 2.45) is 0 Å². The molecule has 0 fully saturated rings. The summed E-state index contributed by atoms with van der Waals surface area (Å²) in [6, 6.07) is 10.6. The van der Waals surface area contributed by atoms with Crippen LogP contribution in [0.3, 0.4) is 0 Å². The van der Waals surface area contributed by atoms with E-state index in [2.05, 4.69) is 41.1 Å². The smallest absolute Gasteiger partial charge is 0.143 e. The van der Waals surface area contributed by atoms with Crippen molar-refractivity contribution in [1.82, 2.24) is 8.75 Å². The SMILES string of the molecule is c1csc(-c2cc3n[s+](-c4cccs4)nc3s2)c1. The van der Waals surface area contributed by atoms with Crippen molar-refractivity contribution in [3.05, 3.63) is 41.1 Å². The summed E-state index contributed by atoms with van der Waals surface area (Å²) in [6.45, 7) is 0. The molecule has 6 heteroatoms. The van der Waals surface area contributed by atoms with Gasteiger partial charge in [-0.2, -0.15) is 0 Å². The van der Waals surface area contributed by atoms with Crippen molar-refractivity contribution in [2.75, 3.05) is 0 Å². The van der Waals surface area contributed by atoms with Gasteiger partial charge in [0.1, 0.15) is 0 Å². The first-order valence-corrected chi connectivity index (χ1v) is 9.01. The van der Waals surface area contributed by atoms with Crippen molar-refractivity contribution in [3.8, 4) is 14.0 Å². The zero-order valence-electron chi connectivity index (χ0n) is 9.07. The molecule has 1 unspecified atom stereocenters. The normalized spacial score (nSPS) is 12.3. The quantitative estimate of drug-likeness (QED) is 0.474. The number of fused-ring (bicyclic) bond motifs is 1. The average molecular weight is 307 g/mol. The molecular weight excluding hydrogens is 300 g/mol. The number of hydrogen-bond donors (Lipinski definition) is 0. The predicted octanol–water partition coefficient (Wildman–Crippen LogP) is 5.22. The second kappa shape index (κ2) is 4.24. The predicted molar refractivity (Wildman–Crippen MR) is 82.4 cm³/mol. The first-order chi connectivity index (χ1) is 8.90. The van der Waals surface area contributed by atoms with Gasteiger partial charge in [-0.1, -0.05) is 17.4 Å². The van der Waals surface area contributed by atoms with E-state index >= 15 is 0 Å². The molecule has 2 nitrogen and oxygen atoms in total. The largest absolute Gasteiger partial charge is 0.283 e. The third kappa shape index (κ3) is 1.73. The Hall–Kier alpha value is -1.08. The lowest BCUT2D eigenvalue weighted by atomic mass is 10.4. The highest BCUT2D eigenvalue weighted by Gasteiger charge is 2.21. The Kier molecular flexibility index (Phi) is 2.54. The molecule has 88 valence electrons. The maximum absolute atomic E-state index is 4.72. The first kappa shape index (κ1) is 10.8. The molecule has 0 saturated heterocycles. The standard InChI is InChI=1S/C12H7N2S4/c1-3-9(15-5-1)10-7-8-12(17-10)14-18(13-8)11-4-2-6-16-11/h1-7H/q+1. The van der Waals surface area contributed by atoms with E-state index in [9.17, 15) is 0 Å². The summed E-state index contributed by atoms with van der Waals surface area (Å²) in [4.78, 5) is 3.66. The summed E-state index contributed by atoms with van der Waals surface area (Å²) in [7, 11) is -0.298. The fourth-order valence-corrected chi connectivity index (χ4v) is 5.95. The van der Waals surface area contributed by atoms with Gasteiger partial charge in [-0.05, 0) is 33.3 Å². The van der Waals surface area contributed by atoms with E-state index in [0.29, 0.717) is 0 Å². The van der Waals surface area contributed by atoms with E-state index in [1.807, 2.05) is 0 Å². The Morgan fingerprint density at radius 1 is 0.944 bits per heavy atom. The van der Waals surface area contributed by atoms with Gasteiger partial charge in [0, 0.05) is 20.2 Å². The molecular formula is C12H7N2S4+. The van der Waals surface area contributed by atoms with Crippen LogP contribution in [0.15, 0.2) is 41.1 Å². The van der Waals surface area contributed by atoms with Crippen LogP contribution in [0.1, 0.15) is 0 Å². The zero-order chi connectivity index (χ0) is 11.9.